The lowest BCUT2D eigenvalue weighted by Crippen LogP contribution is -2.23. The Bertz CT molecular complexity index is 825. The van der Waals surface area contributed by atoms with Gasteiger partial charge in [-0.15, -0.1) is 0 Å². The SMILES string of the molecule is Cc1ccc(NS(=O)(=O)c2ccc(C)c(C(=O)N(C)C)c2)cc1. The van der Waals surface area contributed by atoms with E-state index < -0.39 is 10.0 Å². The van der Waals surface area contributed by atoms with Gasteiger partial charge in [-0.25, -0.2) is 8.42 Å². The molecule has 122 valence electrons. The van der Waals surface area contributed by atoms with E-state index in [0.29, 0.717) is 11.3 Å². The van der Waals surface area contributed by atoms with Crippen LogP contribution in [0.15, 0.2) is 47.4 Å². The zero-order valence-corrected chi connectivity index (χ0v) is 14.4. The van der Waals surface area contributed by atoms with Crippen molar-refractivity contribution in [1.29, 1.82) is 0 Å². The Balaban J connectivity index is 2.38. The first-order valence-corrected chi connectivity index (χ1v) is 8.61. The Labute approximate surface area is 137 Å². The monoisotopic (exact) mass is 332 g/mol. The topological polar surface area (TPSA) is 66.5 Å². The highest BCUT2D eigenvalue weighted by Gasteiger charge is 2.19. The number of anilines is 1. The van der Waals surface area contributed by atoms with Crippen molar-refractivity contribution in [2.45, 2.75) is 18.7 Å². The molecule has 1 N–H and O–H groups in total. The van der Waals surface area contributed by atoms with Crippen LogP contribution in [-0.2, 0) is 10.0 Å². The molecule has 0 saturated heterocycles. The predicted molar refractivity (Wildman–Crippen MR) is 91.2 cm³/mol. The van der Waals surface area contributed by atoms with Gasteiger partial charge >= 0.3 is 0 Å². The van der Waals surface area contributed by atoms with E-state index in [1.165, 1.54) is 17.0 Å². The smallest absolute Gasteiger partial charge is 0.261 e. The maximum absolute atomic E-state index is 12.5. The largest absolute Gasteiger partial charge is 0.345 e. The van der Waals surface area contributed by atoms with Crippen molar-refractivity contribution in [2.24, 2.45) is 0 Å². The quantitative estimate of drug-likeness (QED) is 0.936. The van der Waals surface area contributed by atoms with Gasteiger partial charge in [0.25, 0.3) is 15.9 Å². The van der Waals surface area contributed by atoms with Crippen LogP contribution < -0.4 is 4.72 Å². The van der Waals surface area contributed by atoms with E-state index in [4.69, 9.17) is 0 Å². The Hall–Kier alpha value is -2.34. The molecule has 0 atom stereocenters. The highest BCUT2D eigenvalue weighted by molar-refractivity contribution is 7.92. The summed E-state index contributed by atoms with van der Waals surface area (Å²) in [4.78, 5) is 13.6. The fraction of sp³-hybridized carbons (Fsp3) is 0.235. The summed E-state index contributed by atoms with van der Waals surface area (Å²) in [7, 11) is -0.481. The Kier molecular flexibility index (Phi) is 4.75. The minimum Gasteiger partial charge on any atom is -0.345 e. The number of amides is 1. The van der Waals surface area contributed by atoms with Crippen LogP contribution in [0.25, 0.3) is 0 Å². The van der Waals surface area contributed by atoms with Crippen LogP contribution >= 0.6 is 0 Å². The number of carbonyl (C=O) groups is 1. The van der Waals surface area contributed by atoms with Gasteiger partial charge in [0.05, 0.1) is 4.90 Å². The lowest BCUT2D eigenvalue weighted by atomic mass is 10.1. The molecule has 2 aromatic rings. The number of carbonyl (C=O) groups excluding carboxylic acids is 1. The van der Waals surface area contributed by atoms with Gasteiger partial charge in [0.1, 0.15) is 0 Å². The van der Waals surface area contributed by atoms with Gasteiger partial charge in [-0.2, -0.15) is 0 Å². The highest BCUT2D eigenvalue weighted by atomic mass is 32.2. The lowest BCUT2D eigenvalue weighted by Gasteiger charge is -2.14. The maximum atomic E-state index is 12.5. The zero-order chi connectivity index (χ0) is 17.2. The molecule has 0 bridgehead atoms. The third-order valence-electron chi connectivity index (χ3n) is 3.46. The third kappa shape index (κ3) is 3.90. The van der Waals surface area contributed by atoms with Crippen molar-refractivity contribution < 1.29 is 13.2 Å². The summed E-state index contributed by atoms with van der Waals surface area (Å²) in [6.07, 6.45) is 0. The van der Waals surface area contributed by atoms with Crippen LogP contribution in [0.5, 0.6) is 0 Å². The summed E-state index contributed by atoms with van der Waals surface area (Å²) in [6.45, 7) is 3.71. The van der Waals surface area contributed by atoms with E-state index in [-0.39, 0.29) is 10.8 Å². The van der Waals surface area contributed by atoms with Crippen molar-refractivity contribution in [1.82, 2.24) is 4.90 Å². The minimum atomic E-state index is -3.75. The normalized spacial score (nSPS) is 11.1. The van der Waals surface area contributed by atoms with Gasteiger partial charge in [0, 0.05) is 25.3 Å². The first-order chi connectivity index (χ1) is 10.7. The van der Waals surface area contributed by atoms with E-state index in [0.717, 1.165) is 11.1 Å². The summed E-state index contributed by atoms with van der Waals surface area (Å²) in [5, 5.41) is 0. The van der Waals surface area contributed by atoms with Crippen LogP contribution in [0.4, 0.5) is 5.69 Å². The van der Waals surface area contributed by atoms with Crippen molar-refractivity contribution in [3.63, 3.8) is 0 Å². The molecule has 1 amide bonds. The van der Waals surface area contributed by atoms with E-state index in [1.54, 1.807) is 39.2 Å². The van der Waals surface area contributed by atoms with Gasteiger partial charge in [0.2, 0.25) is 0 Å². The average Bonchev–Trinajstić information content (AvgIpc) is 2.49. The van der Waals surface area contributed by atoms with Crippen LogP contribution in [0.3, 0.4) is 0 Å². The maximum Gasteiger partial charge on any atom is 0.261 e. The van der Waals surface area contributed by atoms with Gasteiger partial charge in [-0.3, -0.25) is 9.52 Å². The van der Waals surface area contributed by atoms with Crippen LogP contribution in [0.2, 0.25) is 0 Å². The molecule has 0 aliphatic rings. The fourth-order valence-electron chi connectivity index (χ4n) is 2.08. The standard InChI is InChI=1S/C17H20N2O3S/c1-12-5-8-14(9-6-12)18-23(21,22)15-10-7-13(2)16(11-15)17(20)19(3)4/h5-11,18H,1-4H3. The lowest BCUT2D eigenvalue weighted by molar-refractivity contribution is 0.0826. The van der Waals surface area contributed by atoms with Crippen molar-refractivity contribution >= 4 is 21.6 Å². The van der Waals surface area contributed by atoms with Crippen molar-refractivity contribution in [2.75, 3.05) is 18.8 Å². The van der Waals surface area contributed by atoms with Crippen molar-refractivity contribution in [3.05, 3.63) is 59.2 Å². The zero-order valence-electron chi connectivity index (χ0n) is 13.6. The summed E-state index contributed by atoms with van der Waals surface area (Å²) in [5.41, 5.74) is 2.64. The molecular weight excluding hydrogens is 312 g/mol. The minimum absolute atomic E-state index is 0.0638. The van der Waals surface area contributed by atoms with Gasteiger partial charge in [-0.1, -0.05) is 23.8 Å². The number of nitrogens with one attached hydrogen (secondary N) is 1. The molecule has 0 aromatic heterocycles. The molecule has 23 heavy (non-hydrogen) atoms. The summed E-state index contributed by atoms with van der Waals surface area (Å²) in [5.74, 6) is -0.227. The summed E-state index contributed by atoms with van der Waals surface area (Å²) < 4.78 is 27.5. The third-order valence-corrected chi connectivity index (χ3v) is 4.84. The first kappa shape index (κ1) is 17.0. The summed E-state index contributed by atoms with van der Waals surface area (Å²) in [6, 6.07) is 11.6. The van der Waals surface area contributed by atoms with Crippen LogP contribution in [0, 0.1) is 13.8 Å². The molecule has 0 aliphatic heterocycles. The van der Waals surface area contributed by atoms with E-state index >= 15 is 0 Å². The highest BCUT2D eigenvalue weighted by Crippen LogP contribution is 2.20. The fourth-order valence-corrected chi connectivity index (χ4v) is 3.16. The first-order valence-electron chi connectivity index (χ1n) is 7.12. The Morgan fingerprint density at radius 2 is 1.61 bits per heavy atom. The number of rotatable bonds is 4. The molecule has 6 heteroatoms. The summed E-state index contributed by atoms with van der Waals surface area (Å²) >= 11 is 0. The van der Waals surface area contributed by atoms with Crippen molar-refractivity contribution in [3.8, 4) is 0 Å². The van der Waals surface area contributed by atoms with Crippen LogP contribution in [-0.4, -0.2) is 33.3 Å². The second-order valence-electron chi connectivity index (χ2n) is 5.65. The van der Waals surface area contributed by atoms with E-state index in [1.807, 2.05) is 19.1 Å². The number of benzene rings is 2. The van der Waals surface area contributed by atoms with Gasteiger partial charge < -0.3 is 4.90 Å². The molecule has 0 aliphatic carbocycles. The molecule has 0 fully saturated rings. The Morgan fingerprint density at radius 3 is 2.17 bits per heavy atom. The molecule has 2 rings (SSSR count). The Morgan fingerprint density at radius 1 is 1.00 bits per heavy atom. The molecule has 2 aromatic carbocycles. The molecule has 0 radical (unpaired) electrons. The molecule has 0 saturated carbocycles. The second kappa shape index (κ2) is 6.42. The number of hydrogen-bond acceptors (Lipinski definition) is 3. The number of aryl methyl sites for hydroxylation is 2. The number of hydrogen-bond donors (Lipinski definition) is 1. The van der Waals surface area contributed by atoms with Crippen LogP contribution in [0.1, 0.15) is 21.5 Å². The van der Waals surface area contributed by atoms with Gasteiger partial charge in [-0.05, 0) is 43.7 Å². The predicted octanol–water partition coefficient (Wildman–Crippen LogP) is 2.81. The molecule has 0 unspecified atom stereocenters. The second-order valence-corrected chi connectivity index (χ2v) is 7.33. The van der Waals surface area contributed by atoms with Gasteiger partial charge in [0.15, 0.2) is 0 Å². The molecule has 0 spiro atoms. The number of nitrogens with zero attached hydrogens (tertiary/aromatic N) is 1. The van der Waals surface area contributed by atoms with E-state index in [9.17, 15) is 13.2 Å². The average molecular weight is 332 g/mol. The molecular formula is C17H20N2O3S. The van der Waals surface area contributed by atoms with E-state index in [2.05, 4.69) is 4.72 Å². The molecule has 5 nitrogen and oxygen atoms in total. The molecule has 0 heterocycles. The number of sulfonamides is 1.